The Morgan fingerprint density at radius 1 is 0.778 bits per heavy atom. The monoisotopic (exact) mass is 542 g/mol. The van der Waals surface area contributed by atoms with Gasteiger partial charge in [0.05, 0.1) is 0 Å². The second kappa shape index (κ2) is 9.68. The van der Waals surface area contributed by atoms with E-state index in [9.17, 15) is 10.4 Å². The second-order valence-corrected chi connectivity index (χ2v) is 22.9. The van der Waals surface area contributed by atoms with Crippen molar-refractivity contribution in [3.63, 3.8) is 0 Å². The molecule has 110 valence electrons. The van der Waals surface area contributed by atoms with Gasteiger partial charge >= 0.3 is 119 Å². The molecule has 0 aliphatic heterocycles. The third-order valence-corrected chi connectivity index (χ3v) is 28.0. The number of hydrogen-bond acceptors (Lipinski definition) is 4. The molecule has 4 nitrogen and oxygen atoms in total. The van der Waals surface area contributed by atoms with Crippen LogP contribution in [0.15, 0.2) is 0 Å². The number of unbranched alkanes of at least 4 members (excludes halogenated alkanes) is 3. The van der Waals surface area contributed by atoms with E-state index in [-0.39, 0.29) is 0 Å². The van der Waals surface area contributed by atoms with Crippen LogP contribution < -0.4 is 0 Å². The molecule has 18 heavy (non-hydrogen) atoms. The van der Waals surface area contributed by atoms with Crippen LogP contribution in [0.5, 0.6) is 0 Å². The van der Waals surface area contributed by atoms with Crippen LogP contribution in [0.4, 0.5) is 0 Å². The molecule has 0 unspecified atom stereocenters. The molecule has 0 spiro atoms. The van der Waals surface area contributed by atoms with Crippen molar-refractivity contribution in [3.8, 4) is 0 Å². The maximum absolute atomic E-state index is 11.1. The topological polar surface area (TPSA) is 60.4 Å². The molecule has 0 amide bonds. The van der Waals surface area contributed by atoms with E-state index >= 15 is 0 Å². The van der Waals surface area contributed by atoms with Gasteiger partial charge in [-0.15, -0.1) is 0 Å². The minimum absolute atomic E-state index is 0.897. The minimum atomic E-state index is -5.74. The third-order valence-electron chi connectivity index (χ3n) is 3.22. The number of rotatable bonds is 11. The maximum atomic E-state index is 11.1. The Bertz CT molecular complexity index is 322. The Labute approximate surface area is 119 Å². The molecule has 0 saturated carbocycles. The van der Waals surface area contributed by atoms with Gasteiger partial charge in [0.1, 0.15) is 0 Å². The van der Waals surface area contributed by atoms with Gasteiger partial charge in [-0.2, -0.15) is 0 Å². The SMILES string of the molecule is CCC[CH2][Sn]([CH2]CCC)([CH2]CCC)[O][Re](=[O])(=[O])=[O]. The quantitative estimate of drug-likeness (QED) is 0.364. The fourth-order valence-corrected chi connectivity index (χ4v) is 29.9. The molecule has 0 saturated heterocycles. The molecule has 0 rings (SSSR count). The van der Waals surface area contributed by atoms with Crippen molar-refractivity contribution in [2.24, 2.45) is 0 Å². The fourth-order valence-electron chi connectivity index (χ4n) is 2.19. The summed E-state index contributed by atoms with van der Waals surface area (Å²) in [5, 5.41) is 0. The van der Waals surface area contributed by atoms with Crippen LogP contribution in [0, 0.1) is 0 Å². The molecule has 6 heteroatoms. The second-order valence-electron chi connectivity index (χ2n) is 4.95. The van der Waals surface area contributed by atoms with Gasteiger partial charge in [-0.3, -0.25) is 0 Å². The molecular weight excluding hydrogens is 513 g/mol. The summed E-state index contributed by atoms with van der Waals surface area (Å²) in [4.78, 5) is 0. The first-order chi connectivity index (χ1) is 8.39. The predicted octanol–water partition coefficient (Wildman–Crippen LogP) is 4.45. The predicted molar refractivity (Wildman–Crippen MR) is 68.0 cm³/mol. The van der Waals surface area contributed by atoms with Crippen LogP contribution in [0.3, 0.4) is 0 Å². The van der Waals surface area contributed by atoms with Gasteiger partial charge in [-0.05, 0) is 0 Å². The van der Waals surface area contributed by atoms with Gasteiger partial charge in [0, 0.05) is 0 Å². The molecule has 0 aliphatic rings. The van der Waals surface area contributed by atoms with E-state index in [1.165, 1.54) is 0 Å². The van der Waals surface area contributed by atoms with Crippen LogP contribution in [0.25, 0.3) is 0 Å². The Morgan fingerprint density at radius 3 is 1.33 bits per heavy atom. The van der Waals surface area contributed by atoms with Gasteiger partial charge < -0.3 is 0 Å². The van der Waals surface area contributed by atoms with Gasteiger partial charge in [-0.1, -0.05) is 0 Å². The summed E-state index contributed by atoms with van der Waals surface area (Å²) in [7, 11) is 0. The molecule has 0 N–H and O–H groups in total. The first kappa shape index (κ1) is 18.8. The van der Waals surface area contributed by atoms with E-state index in [4.69, 9.17) is 1.80 Å². The van der Waals surface area contributed by atoms with Crippen molar-refractivity contribution in [3.05, 3.63) is 0 Å². The average molecular weight is 540 g/mol. The van der Waals surface area contributed by atoms with Gasteiger partial charge in [0.25, 0.3) is 0 Å². The van der Waals surface area contributed by atoms with Crippen LogP contribution in [0.2, 0.25) is 13.3 Å². The summed E-state index contributed by atoms with van der Waals surface area (Å²) in [6.45, 7) is 6.28. The molecule has 0 aromatic rings. The summed E-state index contributed by atoms with van der Waals surface area (Å²) >= 11 is -8.92. The summed E-state index contributed by atoms with van der Waals surface area (Å²) < 4.78 is 41.4. The third kappa shape index (κ3) is 8.84. The molecule has 0 aromatic carbocycles. The van der Waals surface area contributed by atoms with Crippen LogP contribution in [0.1, 0.15) is 59.3 Å². The number of hydrogen-bond donors (Lipinski definition) is 0. The Morgan fingerprint density at radius 2 is 1.11 bits per heavy atom. The van der Waals surface area contributed by atoms with Gasteiger partial charge in [0.15, 0.2) is 0 Å². The molecule has 0 bridgehead atoms. The normalized spacial score (nSPS) is 12.8. The van der Waals surface area contributed by atoms with Crippen molar-refractivity contribution >= 4 is 18.8 Å². The fraction of sp³-hybridized carbons (Fsp3) is 1.00. The zero-order chi connectivity index (χ0) is 14.1. The van der Waals surface area contributed by atoms with Crippen molar-refractivity contribution in [1.29, 1.82) is 0 Å². The Balaban J connectivity index is 4.90. The van der Waals surface area contributed by atoms with E-state index < -0.39 is 34.6 Å². The Hall–Kier alpha value is 0.821. The first-order valence-corrected chi connectivity index (χ1v) is 18.7. The molecule has 0 atom stereocenters. The van der Waals surface area contributed by atoms with Crippen LogP contribution >= 0.6 is 0 Å². The molecule has 0 aliphatic carbocycles. The standard InChI is InChI=1S/3C4H9.4O.Re.Sn/c3*1-3-4-2;;;;;;/h3*1,3-4H2,2H3;;;;;;. The van der Waals surface area contributed by atoms with E-state index in [1.807, 2.05) is 0 Å². The van der Waals surface area contributed by atoms with E-state index in [0.717, 1.165) is 51.8 Å². The summed E-state index contributed by atoms with van der Waals surface area (Å²) in [6.07, 6.45) is 6.13. The zero-order valence-corrected chi connectivity index (χ0v) is 17.4. The van der Waals surface area contributed by atoms with Crippen molar-refractivity contribution < 1.29 is 28.0 Å². The van der Waals surface area contributed by atoms with E-state index in [0.29, 0.717) is 0 Å². The van der Waals surface area contributed by atoms with Crippen molar-refractivity contribution in [2.45, 2.75) is 72.6 Å². The van der Waals surface area contributed by atoms with Crippen LogP contribution in [-0.2, 0) is 28.0 Å². The Kier molecular flexibility index (Phi) is 10.1. The van der Waals surface area contributed by atoms with Crippen molar-refractivity contribution in [2.75, 3.05) is 0 Å². The van der Waals surface area contributed by atoms with Crippen LogP contribution in [-0.4, -0.2) is 18.8 Å². The first-order valence-electron chi connectivity index (χ1n) is 7.00. The average Bonchev–Trinajstić information content (AvgIpc) is 2.29. The summed E-state index contributed by atoms with van der Waals surface area (Å²) in [6, 6.07) is 0. The van der Waals surface area contributed by atoms with E-state index in [1.54, 1.807) is 0 Å². The molecule has 0 radical (unpaired) electrons. The van der Waals surface area contributed by atoms with E-state index in [2.05, 4.69) is 20.8 Å². The van der Waals surface area contributed by atoms with Crippen molar-refractivity contribution in [1.82, 2.24) is 0 Å². The molecule has 0 heterocycles. The summed E-state index contributed by atoms with van der Waals surface area (Å²) in [5.41, 5.74) is 0. The van der Waals surface area contributed by atoms with Gasteiger partial charge in [-0.25, -0.2) is 0 Å². The van der Waals surface area contributed by atoms with Gasteiger partial charge in [0.2, 0.25) is 0 Å². The zero-order valence-electron chi connectivity index (χ0n) is 11.9. The molecular formula is C12H27O4ReSn. The summed E-state index contributed by atoms with van der Waals surface area (Å²) in [5.74, 6) is 0. The molecule has 0 fully saturated rings. The molecule has 0 aromatic heterocycles.